The monoisotopic (exact) mass is 250 g/mol. The van der Waals surface area contributed by atoms with Crippen LogP contribution < -0.4 is 11.1 Å². The minimum atomic E-state index is -0.370. The van der Waals surface area contributed by atoms with Crippen molar-refractivity contribution < 1.29 is 9.53 Å². The highest BCUT2D eigenvalue weighted by molar-refractivity contribution is 5.85. The second kappa shape index (κ2) is 7.87. The van der Waals surface area contributed by atoms with Crippen LogP contribution in [-0.4, -0.2) is 31.7 Å². The molecule has 16 heavy (non-hydrogen) atoms. The van der Waals surface area contributed by atoms with Crippen molar-refractivity contribution in [1.82, 2.24) is 5.32 Å². The number of methoxy groups -OCH3 is 1. The van der Waals surface area contributed by atoms with Crippen LogP contribution in [-0.2, 0) is 9.53 Å². The quantitative estimate of drug-likeness (QED) is 0.785. The van der Waals surface area contributed by atoms with Crippen LogP contribution in [0, 0.1) is 5.92 Å². The van der Waals surface area contributed by atoms with E-state index in [1.165, 1.54) is 12.8 Å². The highest BCUT2D eigenvalue weighted by atomic mass is 35.5. The second-order valence-corrected chi connectivity index (χ2v) is 4.27. The summed E-state index contributed by atoms with van der Waals surface area (Å²) in [5.74, 6) is 0.412. The third kappa shape index (κ3) is 4.28. The highest BCUT2D eigenvalue weighted by Crippen LogP contribution is 2.23. The average molecular weight is 251 g/mol. The summed E-state index contributed by atoms with van der Waals surface area (Å²) >= 11 is 0. The summed E-state index contributed by atoms with van der Waals surface area (Å²) in [5, 5.41) is 3.03. The first kappa shape index (κ1) is 15.7. The molecule has 96 valence electrons. The molecule has 0 radical (unpaired) electrons. The number of carbonyl (C=O) groups is 1. The van der Waals surface area contributed by atoms with Gasteiger partial charge in [-0.3, -0.25) is 4.79 Å². The molecule has 0 aromatic carbocycles. The summed E-state index contributed by atoms with van der Waals surface area (Å²) in [5.41, 5.74) is 5.70. The summed E-state index contributed by atoms with van der Waals surface area (Å²) in [7, 11) is 1.55. The van der Waals surface area contributed by atoms with Crippen LogP contribution in [0.15, 0.2) is 0 Å². The van der Waals surface area contributed by atoms with Gasteiger partial charge in [-0.05, 0) is 32.2 Å². The molecule has 4 nitrogen and oxygen atoms in total. The predicted octanol–water partition coefficient (Wildman–Crippen LogP) is 1.08. The number of rotatable bonds is 4. The van der Waals surface area contributed by atoms with E-state index in [9.17, 15) is 4.79 Å². The van der Waals surface area contributed by atoms with E-state index in [4.69, 9.17) is 10.5 Å². The van der Waals surface area contributed by atoms with Crippen LogP contribution >= 0.6 is 12.4 Å². The molecule has 0 aromatic heterocycles. The van der Waals surface area contributed by atoms with Crippen LogP contribution in [0.25, 0.3) is 0 Å². The number of hydrogen-bond acceptors (Lipinski definition) is 3. The van der Waals surface area contributed by atoms with Crippen molar-refractivity contribution in [3.05, 3.63) is 0 Å². The van der Waals surface area contributed by atoms with Crippen LogP contribution in [0.1, 0.15) is 32.6 Å². The molecular formula is C11H23ClN2O2. The first-order chi connectivity index (χ1) is 7.19. The maximum atomic E-state index is 11.6. The lowest BCUT2D eigenvalue weighted by molar-refractivity contribution is -0.131. The van der Waals surface area contributed by atoms with Gasteiger partial charge in [-0.15, -0.1) is 12.4 Å². The number of nitrogens with two attached hydrogens (primary N) is 1. The smallest absolute Gasteiger partial charge is 0.249 e. The lowest BCUT2D eigenvalue weighted by Crippen LogP contribution is -2.47. The van der Waals surface area contributed by atoms with Crippen molar-refractivity contribution in [1.29, 1.82) is 0 Å². The third-order valence-corrected chi connectivity index (χ3v) is 3.26. The first-order valence-corrected chi connectivity index (χ1v) is 5.72. The standard InChI is InChI=1S/C11H22N2O2.ClH/c1-8(15-2)11(14)13-10-6-4-3-5-9(10)7-12;/h8-10H,3-7,12H2,1-2H3,(H,13,14);1H. The van der Waals surface area contributed by atoms with Crippen LogP contribution in [0.4, 0.5) is 0 Å². The van der Waals surface area contributed by atoms with E-state index in [2.05, 4.69) is 5.32 Å². The lowest BCUT2D eigenvalue weighted by atomic mass is 9.84. The Bertz CT molecular complexity index is 214. The van der Waals surface area contributed by atoms with E-state index >= 15 is 0 Å². The van der Waals surface area contributed by atoms with Gasteiger partial charge in [0.25, 0.3) is 0 Å². The van der Waals surface area contributed by atoms with E-state index in [0.717, 1.165) is 12.8 Å². The Morgan fingerprint density at radius 3 is 2.69 bits per heavy atom. The molecule has 3 atom stereocenters. The molecular weight excluding hydrogens is 228 g/mol. The van der Waals surface area contributed by atoms with Crippen LogP contribution in [0.2, 0.25) is 0 Å². The summed E-state index contributed by atoms with van der Waals surface area (Å²) in [6.07, 6.45) is 4.22. The van der Waals surface area contributed by atoms with E-state index < -0.39 is 0 Å². The lowest BCUT2D eigenvalue weighted by Gasteiger charge is -2.31. The fourth-order valence-corrected chi connectivity index (χ4v) is 2.09. The molecule has 3 unspecified atom stereocenters. The van der Waals surface area contributed by atoms with Gasteiger partial charge in [-0.25, -0.2) is 0 Å². The summed E-state index contributed by atoms with van der Waals surface area (Å²) in [6.45, 7) is 2.42. The molecule has 1 fully saturated rings. The molecule has 5 heteroatoms. The van der Waals surface area contributed by atoms with Gasteiger partial charge >= 0.3 is 0 Å². The fraction of sp³-hybridized carbons (Fsp3) is 0.909. The molecule has 1 rings (SSSR count). The minimum Gasteiger partial charge on any atom is -0.372 e. The number of nitrogens with one attached hydrogen (secondary N) is 1. The molecule has 3 N–H and O–H groups in total. The number of carbonyl (C=O) groups excluding carboxylic acids is 1. The Balaban J connectivity index is 0.00000225. The zero-order valence-electron chi connectivity index (χ0n) is 10.1. The van der Waals surface area contributed by atoms with Gasteiger partial charge in [0.1, 0.15) is 6.10 Å². The van der Waals surface area contributed by atoms with Crippen molar-refractivity contribution >= 4 is 18.3 Å². The maximum Gasteiger partial charge on any atom is 0.249 e. The minimum absolute atomic E-state index is 0. The van der Waals surface area contributed by atoms with Gasteiger partial charge in [0.05, 0.1) is 0 Å². The highest BCUT2D eigenvalue weighted by Gasteiger charge is 2.26. The van der Waals surface area contributed by atoms with Crippen molar-refractivity contribution in [2.75, 3.05) is 13.7 Å². The summed E-state index contributed by atoms with van der Waals surface area (Å²) < 4.78 is 4.98. The second-order valence-electron chi connectivity index (χ2n) is 4.27. The molecule has 0 aliphatic heterocycles. The number of amides is 1. The number of hydrogen-bond donors (Lipinski definition) is 2. The molecule has 1 aliphatic carbocycles. The number of halogens is 1. The molecule has 1 saturated carbocycles. The van der Waals surface area contributed by atoms with Gasteiger partial charge in [0.2, 0.25) is 5.91 Å². The van der Waals surface area contributed by atoms with Gasteiger partial charge in [0, 0.05) is 13.2 Å². The number of ether oxygens (including phenoxy) is 1. The molecule has 0 heterocycles. The maximum absolute atomic E-state index is 11.6. The third-order valence-electron chi connectivity index (χ3n) is 3.26. The van der Waals surface area contributed by atoms with E-state index in [-0.39, 0.29) is 30.5 Å². The van der Waals surface area contributed by atoms with Crippen molar-refractivity contribution in [2.45, 2.75) is 44.8 Å². The van der Waals surface area contributed by atoms with Crippen LogP contribution in [0.3, 0.4) is 0 Å². The molecule has 0 spiro atoms. The summed E-state index contributed by atoms with van der Waals surface area (Å²) in [4.78, 5) is 11.6. The average Bonchev–Trinajstić information content (AvgIpc) is 2.28. The Labute approximate surface area is 104 Å². The van der Waals surface area contributed by atoms with Crippen LogP contribution in [0.5, 0.6) is 0 Å². The molecule has 0 saturated heterocycles. The Morgan fingerprint density at radius 2 is 2.12 bits per heavy atom. The molecule has 0 bridgehead atoms. The largest absolute Gasteiger partial charge is 0.372 e. The normalized spacial score (nSPS) is 26.7. The Kier molecular flexibility index (Phi) is 7.72. The molecule has 1 aliphatic rings. The van der Waals surface area contributed by atoms with Gasteiger partial charge in [-0.2, -0.15) is 0 Å². The first-order valence-electron chi connectivity index (χ1n) is 5.72. The van der Waals surface area contributed by atoms with Gasteiger partial charge in [-0.1, -0.05) is 12.8 Å². The van der Waals surface area contributed by atoms with E-state index in [1.807, 2.05) is 0 Å². The fourth-order valence-electron chi connectivity index (χ4n) is 2.09. The van der Waals surface area contributed by atoms with E-state index in [0.29, 0.717) is 12.5 Å². The van der Waals surface area contributed by atoms with Crippen molar-refractivity contribution in [3.8, 4) is 0 Å². The van der Waals surface area contributed by atoms with Gasteiger partial charge < -0.3 is 15.8 Å². The summed E-state index contributed by atoms with van der Waals surface area (Å²) in [6, 6.07) is 0.244. The van der Waals surface area contributed by atoms with E-state index in [1.54, 1.807) is 14.0 Å². The predicted molar refractivity (Wildman–Crippen MR) is 66.7 cm³/mol. The molecule has 0 aromatic rings. The molecule has 1 amide bonds. The Morgan fingerprint density at radius 1 is 1.50 bits per heavy atom. The Hall–Kier alpha value is -0.320. The zero-order chi connectivity index (χ0) is 11.3. The van der Waals surface area contributed by atoms with Crippen molar-refractivity contribution in [2.24, 2.45) is 11.7 Å². The zero-order valence-corrected chi connectivity index (χ0v) is 10.9. The van der Waals surface area contributed by atoms with Gasteiger partial charge in [0.15, 0.2) is 0 Å². The SMILES string of the molecule is COC(C)C(=O)NC1CCCCC1CN.Cl. The topological polar surface area (TPSA) is 64.3 Å². The van der Waals surface area contributed by atoms with Crippen molar-refractivity contribution in [3.63, 3.8) is 0 Å².